The molecule has 0 saturated heterocycles. The number of benzene rings is 1. The van der Waals surface area contributed by atoms with Crippen LogP contribution in [0.25, 0.3) is 0 Å². The van der Waals surface area contributed by atoms with Gasteiger partial charge in [0.25, 0.3) is 0 Å². The molecule has 1 nitrogen and oxygen atoms in total. The van der Waals surface area contributed by atoms with Crippen LogP contribution in [0.4, 0.5) is 0 Å². The summed E-state index contributed by atoms with van der Waals surface area (Å²) in [4.78, 5) is 9.44. The third kappa shape index (κ3) is 10.9. The average molecular weight is 180 g/mol. The first-order valence-electron chi connectivity index (χ1n) is 4.03. The lowest BCUT2D eigenvalue weighted by atomic mass is 10.2. The molecule has 0 amide bonds. The van der Waals surface area contributed by atoms with Crippen molar-refractivity contribution in [1.29, 1.82) is 0 Å². The molecular weight excluding hydrogens is 160 g/mol. The Morgan fingerprint density at radius 3 is 1.23 bits per heavy atom. The van der Waals surface area contributed by atoms with Crippen molar-refractivity contribution in [3.63, 3.8) is 0 Å². The van der Waals surface area contributed by atoms with E-state index in [1.807, 2.05) is 0 Å². The third-order valence-electron chi connectivity index (χ3n) is 1.22. The minimum atomic E-state index is 0. The maximum Gasteiger partial charge on any atom is 0.126 e. The second-order valence-corrected chi connectivity index (χ2v) is 3.06. The van der Waals surface area contributed by atoms with Gasteiger partial charge in [0.2, 0.25) is 0 Å². The van der Waals surface area contributed by atoms with Crippen LogP contribution in [0, 0.1) is 13.8 Å². The Kier molecular flexibility index (Phi) is 8.36. The van der Waals surface area contributed by atoms with Gasteiger partial charge in [-0.15, -0.1) is 0 Å². The summed E-state index contributed by atoms with van der Waals surface area (Å²) in [6.45, 7) is 7.25. The van der Waals surface area contributed by atoms with Crippen LogP contribution < -0.4 is 0 Å². The highest BCUT2D eigenvalue weighted by Crippen LogP contribution is 1.99. The summed E-state index contributed by atoms with van der Waals surface area (Å²) >= 11 is 0. The largest absolute Gasteiger partial charge is 0.300 e. The number of carbonyl (C=O) groups excluding carboxylic acids is 1. The minimum Gasteiger partial charge on any atom is -0.300 e. The summed E-state index contributed by atoms with van der Waals surface area (Å²) in [5.74, 6) is 0.167. The number of aryl methyl sites for hydroxylation is 2. The van der Waals surface area contributed by atoms with E-state index in [1.165, 1.54) is 25.0 Å². The zero-order chi connectivity index (χ0) is 9.56. The van der Waals surface area contributed by atoms with Gasteiger partial charge in [-0.1, -0.05) is 42.8 Å². The van der Waals surface area contributed by atoms with Crippen molar-refractivity contribution in [3.8, 4) is 0 Å². The van der Waals surface area contributed by atoms with Crippen molar-refractivity contribution in [2.45, 2.75) is 35.1 Å². The fourth-order valence-electron chi connectivity index (χ4n) is 0.637. The molecule has 0 aliphatic heterocycles. The van der Waals surface area contributed by atoms with Crippen molar-refractivity contribution >= 4 is 5.78 Å². The normalized spacial score (nSPS) is 7.69. The van der Waals surface area contributed by atoms with Gasteiger partial charge in [-0.3, -0.25) is 0 Å². The summed E-state index contributed by atoms with van der Waals surface area (Å²) in [7, 11) is 0. The zero-order valence-electron chi connectivity index (χ0n) is 8.22. The van der Waals surface area contributed by atoms with E-state index in [9.17, 15) is 4.79 Å². The van der Waals surface area contributed by atoms with Gasteiger partial charge in [-0.25, -0.2) is 0 Å². The summed E-state index contributed by atoms with van der Waals surface area (Å²) in [5.41, 5.74) is 2.66. The molecule has 0 aromatic heterocycles. The van der Waals surface area contributed by atoms with E-state index in [0.29, 0.717) is 0 Å². The van der Waals surface area contributed by atoms with Crippen molar-refractivity contribution in [3.05, 3.63) is 35.4 Å². The molecule has 0 saturated carbocycles. The Bertz CT molecular complexity index is 209. The Morgan fingerprint density at radius 2 is 1.08 bits per heavy atom. The van der Waals surface area contributed by atoms with E-state index in [2.05, 4.69) is 38.1 Å². The lowest BCUT2D eigenvalue weighted by molar-refractivity contribution is -0.114. The molecule has 13 heavy (non-hydrogen) atoms. The van der Waals surface area contributed by atoms with Gasteiger partial charge in [0.05, 0.1) is 0 Å². The summed E-state index contributed by atoms with van der Waals surface area (Å²) in [5, 5.41) is 0. The van der Waals surface area contributed by atoms with E-state index in [0.717, 1.165) is 0 Å². The van der Waals surface area contributed by atoms with Crippen molar-refractivity contribution in [2.75, 3.05) is 0 Å². The van der Waals surface area contributed by atoms with Crippen LogP contribution in [0.5, 0.6) is 0 Å². The number of Topliss-reactive ketones (excluding diaryl/α,β-unsaturated/α-hetero) is 1. The van der Waals surface area contributed by atoms with Crippen LogP contribution in [0.3, 0.4) is 0 Å². The van der Waals surface area contributed by atoms with Crippen molar-refractivity contribution in [2.24, 2.45) is 0 Å². The van der Waals surface area contributed by atoms with Crippen LogP contribution in [0.2, 0.25) is 0 Å². The molecule has 1 aromatic carbocycles. The first kappa shape index (κ1) is 14.4. The molecule has 1 heteroatoms. The van der Waals surface area contributed by atoms with Crippen LogP contribution in [-0.2, 0) is 4.79 Å². The van der Waals surface area contributed by atoms with E-state index in [1.54, 1.807) is 0 Å². The van der Waals surface area contributed by atoms with Crippen molar-refractivity contribution < 1.29 is 4.79 Å². The minimum absolute atomic E-state index is 0. The number of ketones is 1. The average Bonchev–Trinajstić information content (AvgIpc) is 1.94. The molecular formula is C12H20O. The van der Waals surface area contributed by atoms with Gasteiger partial charge in [0.15, 0.2) is 0 Å². The molecule has 0 aliphatic rings. The van der Waals surface area contributed by atoms with Crippen molar-refractivity contribution in [1.82, 2.24) is 0 Å². The van der Waals surface area contributed by atoms with E-state index in [-0.39, 0.29) is 13.2 Å². The lowest BCUT2D eigenvalue weighted by Crippen LogP contribution is -1.70. The predicted molar refractivity (Wildman–Crippen MR) is 59.0 cm³/mol. The van der Waals surface area contributed by atoms with Crippen LogP contribution in [-0.4, -0.2) is 5.78 Å². The molecule has 0 atom stereocenters. The third-order valence-corrected chi connectivity index (χ3v) is 1.22. The van der Waals surface area contributed by atoms with Gasteiger partial charge in [0, 0.05) is 0 Å². The molecule has 1 aromatic rings. The Labute approximate surface area is 81.8 Å². The molecule has 74 valence electrons. The van der Waals surface area contributed by atoms with Gasteiger partial charge < -0.3 is 4.79 Å². The highest BCUT2D eigenvalue weighted by Gasteiger charge is 1.79. The maximum atomic E-state index is 9.44. The summed E-state index contributed by atoms with van der Waals surface area (Å²) < 4.78 is 0. The first-order chi connectivity index (χ1) is 5.52. The second-order valence-electron chi connectivity index (χ2n) is 3.06. The summed E-state index contributed by atoms with van der Waals surface area (Å²) in [6.07, 6.45) is 0. The smallest absolute Gasteiger partial charge is 0.126 e. The predicted octanol–water partition coefficient (Wildman–Crippen LogP) is 3.53. The molecule has 0 bridgehead atoms. The van der Waals surface area contributed by atoms with Gasteiger partial charge in [-0.2, -0.15) is 0 Å². The molecule has 0 unspecified atom stereocenters. The number of rotatable bonds is 0. The number of hydrogen-bond donors (Lipinski definition) is 0. The Balaban J connectivity index is 0. The molecule has 0 spiro atoms. The van der Waals surface area contributed by atoms with Crippen LogP contribution >= 0.6 is 0 Å². The molecule has 1 rings (SSSR count). The zero-order valence-corrected chi connectivity index (χ0v) is 8.22. The standard InChI is InChI=1S/C8H10.C3H6O.CH4/c1-7-3-5-8(2)6-4-7;1-3(2)4;/h3-6H,1-2H3;1-2H3;1H4. The molecule has 0 fully saturated rings. The topological polar surface area (TPSA) is 17.1 Å². The first-order valence-corrected chi connectivity index (χ1v) is 4.03. The highest BCUT2D eigenvalue weighted by molar-refractivity contribution is 5.72. The Morgan fingerprint density at radius 1 is 0.923 bits per heavy atom. The van der Waals surface area contributed by atoms with Gasteiger partial charge >= 0.3 is 0 Å². The molecule has 0 radical (unpaired) electrons. The quantitative estimate of drug-likeness (QED) is 0.597. The summed E-state index contributed by atoms with van der Waals surface area (Å²) in [6, 6.07) is 8.48. The lowest BCUT2D eigenvalue weighted by Gasteiger charge is -1.90. The Hall–Kier alpha value is -1.11. The monoisotopic (exact) mass is 180 g/mol. The second kappa shape index (κ2) is 7.53. The maximum absolute atomic E-state index is 9.44. The van der Waals surface area contributed by atoms with E-state index >= 15 is 0 Å². The number of hydrogen-bond acceptors (Lipinski definition) is 1. The fraction of sp³-hybridized carbons (Fsp3) is 0.417. The van der Waals surface area contributed by atoms with E-state index in [4.69, 9.17) is 0 Å². The SMILES string of the molecule is C.CC(C)=O.Cc1ccc(C)cc1. The van der Waals surface area contributed by atoms with E-state index < -0.39 is 0 Å². The molecule has 0 N–H and O–H groups in total. The van der Waals surface area contributed by atoms with Gasteiger partial charge in [-0.05, 0) is 27.7 Å². The van der Waals surface area contributed by atoms with Crippen LogP contribution in [0.15, 0.2) is 24.3 Å². The number of carbonyl (C=O) groups is 1. The fourth-order valence-corrected chi connectivity index (χ4v) is 0.637. The molecule has 0 heterocycles. The molecule has 0 aliphatic carbocycles. The van der Waals surface area contributed by atoms with Crippen LogP contribution in [0.1, 0.15) is 32.4 Å². The highest BCUT2D eigenvalue weighted by atomic mass is 16.1. The van der Waals surface area contributed by atoms with Gasteiger partial charge in [0.1, 0.15) is 5.78 Å².